The van der Waals surface area contributed by atoms with Gasteiger partial charge in [0.2, 0.25) is 17.5 Å². The molecular formula is C25H22N4O5. The minimum atomic E-state index is -0.629. The van der Waals surface area contributed by atoms with Gasteiger partial charge in [-0.1, -0.05) is 59.8 Å². The summed E-state index contributed by atoms with van der Waals surface area (Å²) in [5.74, 6) is -0.431. The van der Waals surface area contributed by atoms with Crippen LogP contribution >= 0.6 is 0 Å². The molecule has 9 nitrogen and oxygen atoms in total. The molecule has 34 heavy (non-hydrogen) atoms. The fourth-order valence-electron chi connectivity index (χ4n) is 3.29. The van der Waals surface area contributed by atoms with Gasteiger partial charge in [0.1, 0.15) is 6.04 Å². The van der Waals surface area contributed by atoms with Crippen LogP contribution in [0.4, 0.5) is 0 Å². The molecule has 172 valence electrons. The van der Waals surface area contributed by atoms with E-state index in [4.69, 9.17) is 14.0 Å². The highest BCUT2D eigenvalue weighted by Crippen LogP contribution is 2.30. The molecule has 2 aromatic heterocycles. The van der Waals surface area contributed by atoms with Crippen molar-refractivity contribution in [3.05, 3.63) is 78.4 Å². The highest BCUT2D eigenvalue weighted by atomic mass is 16.6. The zero-order chi connectivity index (χ0) is 24.1. The number of nitrogens with one attached hydrogen (secondary N) is 1. The first-order valence-corrected chi connectivity index (χ1v) is 10.5. The van der Waals surface area contributed by atoms with E-state index in [0.717, 1.165) is 16.7 Å². The third kappa shape index (κ3) is 4.93. The lowest BCUT2D eigenvalue weighted by atomic mass is 10.0. The molecule has 4 aromatic rings. The van der Waals surface area contributed by atoms with Crippen LogP contribution < -0.4 is 14.8 Å². The Hall–Kier alpha value is -4.53. The highest BCUT2D eigenvalue weighted by Gasteiger charge is 2.24. The average Bonchev–Trinajstić information content (AvgIpc) is 3.35. The van der Waals surface area contributed by atoms with Crippen LogP contribution in [0.15, 0.2) is 71.4 Å². The Morgan fingerprint density at radius 2 is 1.65 bits per heavy atom. The van der Waals surface area contributed by atoms with Crippen molar-refractivity contribution in [2.45, 2.75) is 19.9 Å². The SMILES string of the molecule is COc1ccnc(C(=O)N[C@@H](C)c2nc(-c3ccc(-c4ccccc4)cc3)no2)c1OC(C)=O. The van der Waals surface area contributed by atoms with E-state index in [9.17, 15) is 9.59 Å². The van der Waals surface area contributed by atoms with E-state index in [-0.39, 0.29) is 23.1 Å². The van der Waals surface area contributed by atoms with Crippen LogP contribution in [0.3, 0.4) is 0 Å². The molecule has 0 spiro atoms. The lowest BCUT2D eigenvalue weighted by molar-refractivity contribution is -0.132. The normalized spacial score (nSPS) is 11.5. The van der Waals surface area contributed by atoms with Gasteiger partial charge in [0.05, 0.1) is 7.11 Å². The molecule has 0 saturated carbocycles. The minimum absolute atomic E-state index is 0.0630. The second-order valence-corrected chi connectivity index (χ2v) is 7.38. The van der Waals surface area contributed by atoms with E-state index in [1.165, 1.54) is 26.3 Å². The van der Waals surface area contributed by atoms with Crippen LogP contribution in [0.1, 0.15) is 36.3 Å². The standard InChI is InChI=1S/C25H22N4O5/c1-15(27-24(31)21-22(33-16(2)30)20(32-3)13-14-26-21)25-28-23(29-34-25)19-11-9-18(10-12-19)17-7-5-4-6-8-17/h4-15H,1-3H3,(H,27,31)/t15-/m0/s1. The van der Waals surface area contributed by atoms with E-state index >= 15 is 0 Å². The van der Waals surface area contributed by atoms with Crippen molar-refractivity contribution in [1.29, 1.82) is 0 Å². The molecule has 9 heteroatoms. The van der Waals surface area contributed by atoms with Crippen molar-refractivity contribution >= 4 is 11.9 Å². The minimum Gasteiger partial charge on any atom is -0.493 e. The first-order valence-electron chi connectivity index (χ1n) is 10.5. The summed E-state index contributed by atoms with van der Waals surface area (Å²) in [5.41, 5.74) is 2.86. The Bertz CT molecular complexity index is 1300. The van der Waals surface area contributed by atoms with Crippen LogP contribution in [0.5, 0.6) is 11.5 Å². The number of benzene rings is 2. The molecule has 0 bridgehead atoms. The molecule has 1 N–H and O–H groups in total. The Morgan fingerprint density at radius 3 is 2.32 bits per heavy atom. The van der Waals surface area contributed by atoms with Crippen molar-refractivity contribution in [2.75, 3.05) is 7.11 Å². The summed E-state index contributed by atoms with van der Waals surface area (Å²) < 4.78 is 15.7. The lowest BCUT2D eigenvalue weighted by Crippen LogP contribution is -2.28. The molecule has 0 radical (unpaired) electrons. The van der Waals surface area contributed by atoms with E-state index in [1.807, 2.05) is 54.6 Å². The molecule has 0 aliphatic rings. The largest absolute Gasteiger partial charge is 0.493 e. The summed E-state index contributed by atoms with van der Waals surface area (Å²) in [4.78, 5) is 32.8. The molecule has 0 aliphatic carbocycles. The zero-order valence-electron chi connectivity index (χ0n) is 18.8. The topological polar surface area (TPSA) is 116 Å². The number of methoxy groups -OCH3 is 1. The first kappa shape index (κ1) is 22.7. The number of carbonyl (C=O) groups excluding carboxylic acids is 2. The van der Waals surface area contributed by atoms with Gasteiger partial charge >= 0.3 is 5.97 Å². The monoisotopic (exact) mass is 458 g/mol. The third-order valence-electron chi connectivity index (χ3n) is 4.96. The fraction of sp³-hybridized carbons (Fsp3) is 0.160. The van der Waals surface area contributed by atoms with Gasteiger partial charge in [0, 0.05) is 24.8 Å². The number of hydrogen-bond donors (Lipinski definition) is 1. The number of hydrogen-bond acceptors (Lipinski definition) is 8. The molecule has 2 aromatic carbocycles. The van der Waals surface area contributed by atoms with Gasteiger partial charge < -0.3 is 19.3 Å². The molecular weight excluding hydrogens is 436 g/mol. The van der Waals surface area contributed by atoms with Crippen LogP contribution in [0.25, 0.3) is 22.5 Å². The number of pyridine rings is 1. The maximum atomic E-state index is 12.8. The van der Waals surface area contributed by atoms with Gasteiger partial charge in [-0.25, -0.2) is 4.98 Å². The Morgan fingerprint density at radius 1 is 0.971 bits per heavy atom. The van der Waals surface area contributed by atoms with Crippen molar-refractivity contribution < 1.29 is 23.6 Å². The second-order valence-electron chi connectivity index (χ2n) is 7.38. The molecule has 0 aliphatic heterocycles. The number of amides is 1. The van der Waals surface area contributed by atoms with Gasteiger partial charge in [-0.2, -0.15) is 4.98 Å². The number of aromatic nitrogens is 3. The lowest BCUT2D eigenvalue weighted by Gasteiger charge is -2.13. The van der Waals surface area contributed by atoms with Crippen molar-refractivity contribution in [3.8, 4) is 34.0 Å². The van der Waals surface area contributed by atoms with Crippen molar-refractivity contribution in [1.82, 2.24) is 20.4 Å². The summed E-state index contributed by atoms with van der Waals surface area (Å²) in [6, 6.07) is 18.7. The summed E-state index contributed by atoms with van der Waals surface area (Å²) >= 11 is 0. The highest BCUT2D eigenvalue weighted by molar-refractivity contribution is 5.96. The second kappa shape index (κ2) is 9.95. The summed E-state index contributed by atoms with van der Waals surface area (Å²) in [6.45, 7) is 2.92. The maximum Gasteiger partial charge on any atom is 0.308 e. The number of nitrogens with zero attached hydrogens (tertiary/aromatic N) is 3. The molecule has 1 amide bonds. The summed E-state index contributed by atoms with van der Waals surface area (Å²) in [7, 11) is 1.40. The van der Waals surface area contributed by atoms with E-state index in [1.54, 1.807) is 6.92 Å². The van der Waals surface area contributed by atoms with E-state index in [0.29, 0.717) is 5.82 Å². The Labute approximate surface area is 195 Å². The van der Waals surface area contributed by atoms with Crippen molar-refractivity contribution in [2.24, 2.45) is 0 Å². The van der Waals surface area contributed by atoms with Crippen LogP contribution in [-0.4, -0.2) is 34.1 Å². The Kier molecular flexibility index (Phi) is 6.63. The van der Waals surface area contributed by atoms with Gasteiger partial charge in [-0.15, -0.1) is 0 Å². The van der Waals surface area contributed by atoms with E-state index in [2.05, 4.69) is 20.4 Å². The number of esters is 1. The van der Waals surface area contributed by atoms with Crippen LogP contribution in [-0.2, 0) is 4.79 Å². The maximum absolute atomic E-state index is 12.8. The van der Waals surface area contributed by atoms with Crippen LogP contribution in [0, 0.1) is 0 Å². The number of ether oxygens (including phenoxy) is 2. The summed E-state index contributed by atoms with van der Waals surface area (Å²) in [6.07, 6.45) is 1.38. The predicted octanol–water partition coefficient (Wildman–Crippen LogP) is 4.22. The number of carbonyl (C=O) groups is 2. The van der Waals surface area contributed by atoms with Gasteiger partial charge in [0.25, 0.3) is 5.91 Å². The quantitative estimate of drug-likeness (QED) is 0.409. The van der Waals surface area contributed by atoms with Gasteiger partial charge in [-0.05, 0) is 18.1 Å². The zero-order valence-corrected chi connectivity index (χ0v) is 18.8. The van der Waals surface area contributed by atoms with E-state index < -0.39 is 17.9 Å². The van der Waals surface area contributed by atoms with Crippen LogP contribution in [0.2, 0.25) is 0 Å². The fourth-order valence-corrected chi connectivity index (χ4v) is 3.29. The molecule has 2 heterocycles. The Balaban J connectivity index is 1.49. The van der Waals surface area contributed by atoms with Gasteiger partial charge in [0.15, 0.2) is 11.4 Å². The van der Waals surface area contributed by atoms with Gasteiger partial charge in [-0.3, -0.25) is 9.59 Å². The molecule has 0 fully saturated rings. The summed E-state index contributed by atoms with van der Waals surface area (Å²) in [5, 5.41) is 6.76. The molecule has 1 atom stereocenters. The molecule has 0 unspecified atom stereocenters. The smallest absolute Gasteiger partial charge is 0.308 e. The molecule has 0 saturated heterocycles. The average molecular weight is 458 g/mol. The first-order chi connectivity index (χ1) is 16.5. The van der Waals surface area contributed by atoms with Crippen molar-refractivity contribution in [3.63, 3.8) is 0 Å². The third-order valence-corrected chi connectivity index (χ3v) is 4.96. The molecule has 4 rings (SSSR count). The predicted molar refractivity (Wildman–Crippen MR) is 123 cm³/mol. The number of rotatable bonds is 7.